The monoisotopic (exact) mass is 228 g/mol. The van der Waals surface area contributed by atoms with E-state index in [-0.39, 0.29) is 10.9 Å². The van der Waals surface area contributed by atoms with Gasteiger partial charge in [0.15, 0.2) is 0 Å². The molecule has 1 aliphatic rings. The quantitative estimate of drug-likeness (QED) is 0.536. The van der Waals surface area contributed by atoms with Crippen LogP contribution in [0.5, 0.6) is 0 Å². The van der Waals surface area contributed by atoms with Gasteiger partial charge in [0, 0.05) is 6.54 Å². The Hall–Kier alpha value is -0.640. The van der Waals surface area contributed by atoms with Crippen LogP contribution in [-0.2, 0) is 4.79 Å². The second-order valence-corrected chi connectivity index (χ2v) is 5.27. The molecule has 0 spiro atoms. The van der Waals surface area contributed by atoms with Gasteiger partial charge in [-0.05, 0) is 32.6 Å². The molecule has 0 radical (unpaired) electrons. The summed E-state index contributed by atoms with van der Waals surface area (Å²) in [6.07, 6.45) is 5.02. The van der Waals surface area contributed by atoms with Crippen LogP contribution in [0.4, 0.5) is 0 Å². The molecular formula is C11H20N2OS. The van der Waals surface area contributed by atoms with Crippen LogP contribution in [0.2, 0.25) is 0 Å². The summed E-state index contributed by atoms with van der Waals surface area (Å²) in [5.74, 6) is 0.858. The zero-order chi connectivity index (χ0) is 11.5. The smallest absolute Gasteiger partial charge is 0.232 e. The lowest BCUT2D eigenvalue weighted by molar-refractivity contribution is -0.126. The molecule has 0 atom stereocenters. The van der Waals surface area contributed by atoms with Crippen molar-refractivity contribution in [2.45, 2.75) is 39.5 Å². The summed E-state index contributed by atoms with van der Waals surface area (Å²) in [5, 5.41) is 2.88. The summed E-state index contributed by atoms with van der Waals surface area (Å²) < 4.78 is 0. The lowest BCUT2D eigenvalue weighted by atomic mass is 9.92. The number of rotatable bonds is 6. The van der Waals surface area contributed by atoms with E-state index >= 15 is 0 Å². The molecule has 1 saturated carbocycles. The number of hydrogen-bond acceptors (Lipinski definition) is 2. The summed E-state index contributed by atoms with van der Waals surface area (Å²) in [6, 6.07) is 0. The molecule has 1 fully saturated rings. The third-order valence-electron chi connectivity index (χ3n) is 2.96. The molecule has 3 N–H and O–H groups in total. The second kappa shape index (κ2) is 4.92. The Balaban J connectivity index is 2.18. The van der Waals surface area contributed by atoms with Crippen molar-refractivity contribution in [1.82, 2.24) is 5.32 Å². The van der Waals surface area contributed by atoms with Crippen molar-refractivity contribution in [2.24, 2.45) is 17.1 Å². The molecular weight excluding hydrogens is 208 g/mol. The topological polar surface area (TPSA) is 55.1 Å². The molecule has 86 valence electrons. The Morgan fingerprint density at radius 2 is 2.13 bits per heavy atom. The fourth-order valence-electron chi connectivity index (χ4n) is 1.33. The largest absolute Gasteiger partial charge is 0.392 e. The highest BCUT2D eigenvalue weighted by atomic mass is 32.1. The first-order chi connectivity index (χ1) is 6.94. The van der Waals surface area contributed by atoms with Crippen molar-refractivity contribution in [3.05, 3.63) is 0 Å². The molecule has 0 heterocycles. The zero-order valence-electron chi connectivity index (χ0n) is 9.51. The van der Waals surface area contributed by atoms with Gasteiger partial charge in [-0.25, -0.2) is 0 Å². The summed E-state index contributed by atoms with van der Waals surface area (Å²) in [5.41, 5.74) is 4.78. The van der Waals surface area contributed by atoms with Crippen molar-refractivity contribution in [2.75, 3.05) is 6.54 Å². The Bertz CT molecular complexity index is 259. The normalized spacial score (nSPS) is 16.1. The Kier molecular flexibility index (Phi) is 4.08. The van der Waals surface area contributed by atoms with E-state index in [1.54, 1.807) is 13.8 Å². The Labute approximate surface area is 96.8 Å². The number of thiocarbonyl (C=S) groups is 1. The predicted octanol–water partition coefficient (Wildman–Crippen LogP) is 1.61. The van der Waals surface area contributed by atoms with Crippen molar-refractivity contribution in [3.8, 4) is 0 Å². The first-order valence-electron chi connectivity index (χ1n) is 5.53. The van der Waals surface area contributed by atoms with Gasteiger partial charge < -0.3 is 11.1 Å². The van der Waals surface area contributed by atoms with Gasteiger partial charge >= 0.3 is 0 Å². The minimum atomic E-state index is -0.727. The van der Waals surface area contributed by atoms with Gasteiger partial charge in [0.1, 0.15) is 0 Å². The summed E-state index contributed by atoms with van der Waals surface area (Å²) >= 11 is 4.86. The van der Waals surface area contributed by atoms with Crippen LogP contribution in [0, 0.1) is 11.3 Å². The maximum Gasteiger partial charge on any atom is 0.232 e. The van der Waals surface area contributed by atoms with E-state index in [2.05, 4.69) is 5.32 Å². The average Bonchev–Trinajstić information content (AvgIpc) is 2.95. The van der Waals surface area contributed by atoms with E-state index in [1.165, 1.54) is 19.3 Å². The maximum absolute atomic E-state index is 11.7. The number of nitrogens with one attached hydrogen (secondary N) is 1. The van der Waals surface area contributed by atoms with Gasteiger partial charge in [0.2, 0.25) is 5.91 Å². The van der Waals surface area contributed by atoms with Crippen LogP contribution in [0.1, 0.15) is 39.5 Å². The number of carbonyl (C=O) groups excluding carboxylic acids is 1. The van der Waals surface area contributed by atoms with Crippen LogP contribution in [0.3, 0.4) is 0 Å². The molecule has 0 saturated heterocycles. The average molecular weight is 228 g/mol. The van der Waals surface area contributed by atoms with E-state index in [0.717, 1.165) is 18.9 Å². The molecule has 1 amide bonds. The number of carbonyl (C=O) groups is 1. The number of hydrogen-bond donors (Lipinski definition) is 2. The summed E-state index contributed by atoms with van der Waals surface area (Å²) in [4.78, 5) is 11.9. The molecule has 15 heavy (non-hydrogen) atoms. The van der Waals surface area contributed by atoms with Crippen LogP contribution >= 0.6 is 12.2 Å². The van der Waals surface area contributed by atoms with Gasteiger partial charge in [0.25, 0.3) is 0 Å². The molecule has 0 aromatic heterocycles. The van der Waals surface area contributed by atoms with Crippen molar-refractivity contribution in [1.29, 1.82) is 0 Å². The van der Waals surface area contributed by atoms with Gasteiger partial charge in [-0.3, -0.25) is 4.79 Å². The fourth-order valence-corrected chi connectivity index (χ4v) is 1.42. The van der Waals surface area contributed by atoms with Crippen molar-refractivity contribution < 1.29 is 4.79 Å². The molecule has 3 nitrogen and oxygen atoms in total. The number of nitrogens with two attached hydrogens (primary N) is 1. The van der Waals surface area contributed by atoms with Crippen LogP contribution < -0.4 is 11.1 Å². The molecule has 1 rings (SSSR count). The van der Waals surface area contributed by atoms with E-state index in [9.17, 15) is 4.79 Å². The van der Waals surface area contributed by atoms with Gasteiger partial charge in [0.05, 0.1) is 10.4 Å². The molecule has 0 aromatic carbocycles. The van der Waals surface area contributed by atoms with E-state index < -0.39 is 5.41 Å². The Morgan fingerprint density at radius 1 is 1.53 bits per heavy atom. The molecule has 0 unspecified atom stereocenters. The molecule has 1 aliphatic carbocycles. The van der Waals surface area contributed by atoms with Crippen molar-refractivity contribution >= 4 is 23.1 Å². The third kappa shape index (κ3) is 3.78. The fraction of sp³-hybridized carbons (Fsp3) is 0.818. The molecule has 0 aliphatic heterocycles. The van der Waals surface area contributed by atoms with Crippen molar-refractivity contribution in [3.63, 3.8) is 0 Å². The summed E-state index contributed by atoms with van der Waals surface area (Å²) in [6.45, 7) is 4.25. The van der Waals surface area contributed by atoms with Gasteiger partial charge in [-0.2, -0.15) is 0 Å². The van der Waals surface area contributed by atoms with Gasteiger partial charge in [-0.1, -0.05) is 25.1 Å². The van der Waals surface area contributed by atoms with Crippen LogP contribution in [0.25, 0.3) is 0 Å². The highest BCUT2D eigenvalue weighted by molar-refractivity contribution is 7.80. The van der Waals surface area contributed by atoms with Crippen LogP contribution in [-0.4, -0.2) is 17.4 Å². The maximum atomic E-state index is 11.7. The minimum absolute atomic E-state index is 0.0641. The third-order valence-corrected chi connectivity index (χ3v) is 3.47. The zero-order valence-corrected chi connectivity index (χ0v) is 10.3. The number of amides is 1. The van der Waals surface area contributed by atoms with E-state index in [0.29, 0.717) is 0 Å². The lowest BCUT2D eigenvalue weighted by Gasteiger charge is -2.21. The van der Waals surface area contributed by atoms with Crippen LogP contribution in [0.15, 0.2) is 0 Å². The molecule has 0 bridgehead atoms. The minimum Gasteiger partial charge on any atom is -0.392 e. The van der Waals surface area contributed by atoms with E-state index in [1.807, 2.05) is 0 Å². The predicted molar refractivity (Wildman–Crippen MR) is 65.5 cm³/mol. The first kappa shape index (κ1) is 12.4. The second-order valence-electron chi connectivity index (χ2n) is 4.83. The lowest BCUT2D eigenvalue weighted by Crippen LogP contribution is -2.45. The highest BCUT2D eigenvalue weighted by Gasteiger charge is 2.30. The van der Waals surface area contributed by atoms with Gasteiger partial charge in [-0.15, -0.1) is 0 Å². The SMILES string of the molecule is CC(C)(C(=O)NCCCC1CC1)C(N)=S. The first-order valence-corrected chi connectivity index (χ1v) is 5.93. The summed E-state index contributed by atoms with van der Waals surface area (Å²) in [7, 11) is 0. The highest BCUT2D eigenvalue weighted by Crippen LogP contribution is 2.33. The van der Waals surface area contributed by atoms with E-state index in [4.69, 9.17) is 18.0 Å². The standard InChI is InChI=1S/C11H20N2OS/c1-11(2,9(12)15)10(14)13-7-3-4-8-5-6-8/h8H,3-7H2,1-2H3,(H2,12,15)(H,13,14). The Morgan fingerprint density at radius 3 is 2.60 bits per heavy atom. The molecule has 0 aromatic rings. The molecule has 4 heteroatoms.